The lowest BCUT2D eigenvalue weighted by Crippen LogP contribution is -2.25. The minimum absolute atomic E-state index is 0.966. The van der Waals surface area contributed by atoms with Crippen molar-refractivity contribution in [2.24, 2.45) is 5.92 Å². The molecular formula is C17H27N. The largest absolute Gasteiger partial charge is 0.316 e. The smallest absolute Gasteiger partial charge is 0.00205 e. The zero-order valence-electron chi connectivity index (χ0n) is 11.5. The van der Waals surface area contributed by atoms with Crippen LogP contribution in [0.1, 0.15) is 50.5 Å². The maximum absolute atomic E-state index is 3.64. The van der Waals surface area contributed by atoms with Crippen LogP contribution in [-0.2, 0) is 6.42 Å². The van der Waals surface area contributed by atoms with Crippen molar-refractivity contribution < 1.29 is 0 Å². The van der Waals surface area contributed by atoms with Gasteiger partial charge in [0.05, 0.1) is 0 Å². The van der Waals surface area contributed by atoms with E-state index in [-0.39, 0.29) is 0 Å². The highest BCUT2D eigenvalue weighted by Crippen LogP contribution is 2.22. The molecule has 0 bridgehead atoms. The Bertz CT molecular complexity index is 301. The number of benzene rings is 1. The van der Waals surface area contributed by atoms with Gasteiger partial charge in [0.15, 0.2) is 0 Å². The van der Waals surface area contributed by atoms with Crippen molar-refractivity contribution in [3.8, 4) is 0 Å². The zero-order valence-corrected chi connectivity index (χ0v) is 11.5. The lowest BCUT2D eigenvalue weighted by molar-refractivity contribution is 0.342. The molecule has 1 fully saturated rings. The maximum Gasteiger partial charge on any atom is -0.00205 e. The van der Waals surface area contributed by atoms with Crippen LogP contribution < -0.4 is 5.32 Å². The van der Waals surface area contributed by atoms with Crippen molar-refractivity contribution in [2.75, 3.05) is 13.1 Å². The summed E-state index contributed by atoms with van der Waals surface area (Å²) in [6.07, 6.45) is 11.1. The second-order valence-electron chi connectivity index (χ2n) is 5.65. The van der Waals surface area contributed by atoms with E-state index in [9.17, 15) is 0 Å². The minimum atomic E-state index is 0.966. The Hall–Kier alpha value is -0.820. The van der Waals surface area contributed by atoms with Gasteiger partial charge in [-0.05, 0) is 56.7 Å². The van der Waals surface area contributed by atoms with Crippen molar-refractivity contribution in [1.82, 2.24) is 5.32 Å². The van der Waals surface area contributed by atoms with Crippen LogP contribution in [0.5, 0.6) is 0 Å². The summed E-state index contributed by atoms with van der Waals surface area (Å²) in [5.41, 5.74) is 1.48. The van der Waals surface area contributed by atoms with Gasteiger partial charge in [0.25, 0.3) is 0 Å². The highest BCUT2D eigenvalue weighted by atomic mass is 14.9. The summed E-state index contributed by atoms with van der Waals surface area (Å²) >= 11 is 0. The van der Waals surface area contributed by atoms with Crippen LogP contribution in [0.15, 0.2) is 30.3 Å². The Morgan fingerprint density at radius 2 is 1.72 bits per heavy atom. The van der Waals surface area contributed by atoms with Gasteiger partial charge in [0.2, 0.25) is 0 Å². The van der Waals surface area contributed by atoms with Crippen LogP contribution in [0.4, 0.5) is 0 Å². The van der Waals surface area contributed by atoms with E-state index in [1.807, 2.05) is 0 Å². The van der Waals surface area contributed by atoms with E-state index in [2.05, 4.69) is 35.6 Å². The van der Waals surface area contributed by atoms with Gasteiger partial charge in [-0.25, -0.2) is 0 Å². The topological polar surface area (TPSA) is 12.0 Å². The summed E-state index contributed by atoms with van der Waals surface area (Å²) in [4.78, 5) is 0. The molecule has 18 heavy (non-hydrogen) atoms. The van der Waals surface area contributed by atoms with Gasteiger partial charge in [-0.1, -0.05) is 49.6 Å². The first-order chi connectivity index (χ1) is 8.95. The van der Waals surface area contributed by atoms with E-state index < -0.39 is 0 Å². The molecular weight excluding hydrogens is 218 g/mol. The molecule has 0 radical (unpaired) electrons. The SMILES string of the molecule is c1ccc(CCCCNCC2CCCCC2)cc1. The number of nitrogens with one attached hydrogen (secondary N) is 1. The third-order valence-corrected chi connectivity index (χ3v) is 4.07. The van der Waals surface area contributed by atoms with Gasteiger partial charge in [0, 0.05) is 0 Å². The Balaban J connectivity index is 1.46. The molecule has 1 aliphatic rings. The van der Waals surface area contributed by atoms with Crippen molar-refractivity contribution in [3.63, 3.8) is 0 Å². The van der Waals surface area contributed by atoms with Crippen molar-refractivity contribution in [1.29, 1.82) is 0 Å². The summed E-state index contributed by atoms with van der Waals surface area (Å²) in [5, 5.41) is 3.64. The van der Waals surface area contributed by atoms with Gasteiger partial charge in [-0.3, -0.25) is 0 Å². The molecule has 1 aromatic carbocycles. The van der Waals surface area contributed by atoms with E-state index in [0.717, 1.165) is 5.92 Å². The van der Waals surface area contributed by atoms with Crippen molar-refractivity contribution >= 4 is 0 Å². The highest BCUT2D eigenvalue weighted by Gasteiger charge is 2.11. The van der Waals surface area contributed by atoms with Crippen LogP contribution >= 0.6 is 0 Å². The first-order valence-corrected chi connectivity index (χ1v) is 7.70. The Morgan fingerprint density at radius 1 is 0.944 bits per heavy atom. The number of unbranched alkanes of at least 4 members (excludes halogenated alkanes) is 1. The molecule has 100 valence electrons. The fourth-order valence-electron chi connectivity index (χ4n) is 2.92. The highest BCUT2D eigenvalue weighted by molar-refractivity contribution is 5.14. The molecule has 1 heteroatoms. The molecule has 0 unspecified atom stereocenters. The van der Waals surface area contributed by atoms with Crippen LogP contribution in [-0.4, -0.2) is 13.1 Å². The molecule has 1 N–H and O–H groups in total. The standard InChI is InChI=1S/C17H27N/c1-3-9-16(10-4-1)11-7-8-14-18-15-17-12-5-2-6-13-17/h1,3-4,9-10,17-18H,2,5-8,11-15H2. The van der Waals surface area contributed by atoms with Crippen molar-refractivity contribution in [3.05, 3.63) is 35.9 Å². The van der Waals surface area contributed by atoms with E-state index in [0.29, 0.717) is 0 Å². The average molecular weight is 245 g/mol. The molecule has 0 aliphatic heterocycles. The van der Waals surface area contributed by atoms with Gasteiger partial charge in [-0.15, -0.1) is 0 Å². The molecule has 0 amide bonds. The van der Waals surface area contributed by atoms with Crippen LogP contribution in [0.2, 0.25) is 0 Å². The van der Waals surface area contributed by atoms with Crippen LogP contribution in [0.3, 0.4) is 0 Å². The molecule has 0 spiro atoms. The lowest BCUT2D eigenvalue weighted by atomic mass is 9.89. The molecule has 0 atom stereocenters. The number of hydrogen-bond donors (Lipinski definition) is 1. The summed E-state index contributed by atoms with van der Waals surface area (Å²) in [5.74, 6) is 0.966. The van der Waals surface area contributed by atoms with Gasteiger partial charge < -0.3 is 5.32 Å². The van der Waals surface area contributed by atoms with Gasteiger partial charge in [-0.2, -0.15) is 0 Å². The Kier molecular flexibility index (Phi) is 6.28. The number of rotatable bonds is 7. The summed E-state index contributed by atoms with van der Waals surface area (Å²) in [7, 11) is 0. The third kappa shape index (κ3) is 5.22. The maximum atomic E-state index is 3.64. The van der Waals surface area contributed by atoms with E-state index >= 15 is 0 Å². The molecule has 2 rings (SSSR count). The van der Waals surface area contributed by atoms with E-state index in [4.69, 9.17) is 0 Å². The fraction of sp³-hybridized carbons (Fsp3) is 0.647. The predicted molar refractivity (Wildman–Crippen MR) is 78.8 cm³/mol. The monoisotopic (exact) mass is 245 g/mol. The lowest BCUT2D eigenvalue weighted by Gasteiger charge is -2.21. The minimum Gasteiger partial charge on any atom is -0.316 e. The summed E-state index contributed by atoms with van der Waals surface area (Å²) in [6, 6.07) is 10.8. The quantitative estimate of drug-likeness (QED) is 0.711. The number of aryl methyl sites for hydroxylation is 1. The summed E-state index contributed by atoms with van der Waals surface area (Å²) in [6.45, 7) is 2.45. The summed E-state index contributed by atoms with van der Waals surface area (Å²) < 4.78 is 0. The van der Waals surface area contributed by atoms with Crippen LogP contribution in [0, 0.1) is 5.92 Å². The normalized spacial score (nSPS) is 16.9. The fourth-order valence-corrected chi connectivity index (χ4v) is 2.92. The molecule has 1 aliphatic carbocycles. The van der Waals surface area contributed by atoms with E-state index in [1.54, 1.807) is 0 Å². The van der Waals surface area contributed by atoms with Gasteiger partial charge >= 0.3 is 0 Å². The number of hydrogen-bond acceptors (Lipinski definition) is 1. The second kappa shape index (κ2) is 8.31. The first kappa shape index (κ1) is 13.6. The Labute approximate surface area is 112 Å². The molecule has 0 heterocycles. The predicted octanol–water partition coefficient (Wildman–Crippen LogP) is 4.18. The van der Waals surface area contributed by atoms with E-state index in [1.165, 1.54) is 70.0 Å². The molecule has 1 nitrogen and oxygen atoms in total. The first-order valence-electron chi connectivity index (χ1n) is 7.70. The third-order valence-electron chi connectivity index (χ3n) is 4.07. The second-order valence-corrected chi connectivity index (χ2v) is 5.65. The molecule has 0 aromatic heterocycles. The molecule has 1 saturated carbocycles. The van der Waals surface area contributed by atoms with Crippen molar-refractivity contribution in [2.45, 2.75) is 51.4 Å². The average Bonchev–Trinajstić information content (AvgIpc) is 2.45. The van der Waals surface area contributed by atoms with Crippen LogP contribution in [0.25, 0.3) is 0 Å². The Morgan fingerprint density at radius 3 is 2.50 bits per heavy atom. The molecule has 1 aromatic rings. The van der Waals surface area contributed by atoms with Gasteiger partial charge in [0.1, 0.15) is 0 Å². The zero-order chi connectivity index (χ0) is 12.5. The molecule has 0 saturated heterocycles.